The quantitative estimate of drug-likeness (QED) is 0.578. The highest BCUT2D eigenvalue weighted by Gasteiger charge is 2.41. The highest BCUT2D eigenvalue weighted by Crippen LogP contribution is 2.40. The van der Waals surface area contributed by atoms with Gasteiger partial charge in [0.05, 0.1) is 5.69 Å². The molecule has 1 heterocycles. The molecule has 0 saturated heterocycles. The molecule has 2 heteroatoms. The average Bonchev–Trinajstić information content (AvgIpc) is 2.76. The Morgan fingerprint density at radius 2 is 1.53 bits per heavy atom. The van der Waals surface area contributed by atoms with E-state index in [0.29, 0.717) is 16.6 Å². The molecule has 1 rings (SSSR count). The molecule has 0 aromatic carbocycles. The van der Waals surface area contributed by atoms with Crippen LogP contribution in [0.5, 0.6) is 0 Å². The Kier molecular flexibility index (Phi) is 5.49. The van der Waals surface area contributed by atoms with Crippen molar-refractivity contribution in [3.8, 4) is 11.5 Å². The van der Waals surface area contributed by atoms with Gasteiger partial charge in [-0.3, -0.25) is 0 Å². The van der Waals surface area contributed by atoms with E-state index in [4.69, 9.17) is 0 Å². The third kappa shape index (κ3) is 3.33. The number of hydrogen-bond acceptors (Lipinski definition) is 0. The van der Waals surface area contributed by atoms with Gasteiger partial charge in [0, 0.05) is 5.69 Å². The van der Waals surface area contributed by atoms with Gasteiger partial charge in [-0.05, 0) is 35.2 Å². The van der Waals surface area contributed by atoms with Gasteiger partial charge in [0.2, 0.25) is 0 Å². The van der Waals surface area contributed by atoms with Gasteiger partial charge in [-0.15, -0.1) is 5.54 Å². The average molecular weight is 276 g/mol. The molecule has 0 amide bonds. The topological polar surface area (TPSA) is 15.8 Å². The Morgan fingerprint density at radius 3 is 1.89 bits per heavy atom. The fourth-order valence-electron chi connectivity index (χ4n) is 3.33. The number of rotatable bonds is 4. The van der Waals surface area contributed by atoms with Crippen LogP contribution >= 0.6 is 0 Å². The number of nitrogens with one attached hydrogen (secondary N) is 1. The summed E-state index contributed by atoms with van der Waals surface area (Å²) in [5.74, 6) is 3.44. The van der Waals surface area contributed by atoms with Crippen molar-refractivity contribution in [2.45, 2.75) is 71.5 Å². The van der Waals surface area contributed by atoms with Crippen molar-refractivity contribution in [1.29, 1.82) is 0 Å². The van der Waals surface area contributed by atoms with Gasteiger partial charge < -0.3 is 4.98 Å². The normalized spacial score (nSPS) is 12.1. The Labute approximate surface area is 120 Å². The monoisotopic (exact) mass is 275 g/mol. The molecule has 0 bridgehead atoms. The van der Waals surface area contributed by atoms with Crippen LogP contribution in [0, 0.1) is 11.5 Å². The van der Waals surface area contributed by atoms with Crippen LogP contribution in [0.25, 0.3) is 0 Å². The van der Waals surface area contributed by atoms with Crippen LogP contribution in [0.1, 0.15) is 59.9 Å². The maximum absolute atomic E-state index is 3.74. The predicted octanol–water partition coefficient (Wildman–Crippen LogP) is 5.15. The molecule has 106 valence electrons. The van der Waals surface area contributed by atoms with Gasteiger partial charge in [0.1, 0.15) is 8.07 Å². The minimum atomic E-state index is -1.59. The third-order valence-electron chi connectivity index (χ3n) is 4.41. The fraction of sp³-hybridized carbons (Fsp3) is 0.647. The first-order chi connectivity index (χ1) is 8.84. The van der Waals surface area contributed by atoms with Crippen molar-refractivity contribution < 1.29 is 0 Å². The second-order valence-corrected chi connectivity index (χ2v) is 12.0. The minimum Gasteiger partial charge on any atom is -0.352 e. The largest absolute Gasteiger partial charge is 0.352 e. The summed E-state index contributed by atoms with van der Waals surface area (Å²) >= 11 is 0. The van der Waals surface area contributed by atoms with Gasteiger partial charge in [-0.1, -0.05) is 54.4 Å². The van der Waals surface area contributed by atoms with Crippen LogP contribution in [-0.4, -0.2) is 13.1 Å². The van der Waals surface area contributed by atoms with E-state index in [0.717, 1.165) is 12.1 Å². The molecule has 0 saturated carbocycles. The zero-order valence-electron chi connectivity index (χ0n) is 13.6. The smallest absolute Gasteiger partial charge is 0.146 e. The van der Waals surface area contributed by atoms with E-state index in [9.17, 15) is 0 Å². The van der Waals surface area contributed by atoms with Crippen LogP contribution in [0.15, 0.2) is 12.1 Å². The van der Waals surface area contributed by atoms with Crippen molar-refractivity contribution >= 4 is 8.07 Å². The number of aryl methyl sites for hydroxylation is 1. The highest BCUT2D eigenvalue weighted by molar-refractivity contribution is 6.90. The van der Waals surface area contributed by atoms with Crippen LogP contribution in [0.4, 0.5) is 0 Å². The molecule has 1 N–H and O–H groups in total. The summed E-state index contributed by atoms with van der Waals surface area (Å²) in [5, 5.41) is 0. The van der Waals surface area contributed by atoms with Gasteiger partial charge in [0.15, 0.2) is 0 Å². The van der Waals surface area contributed by atoms with E-state index >= 15 is 0 Å². The Hall–Kier alpha value is -0.943. The van der Waals surface area contributed by atoms with E-state index < -0.39 is 8.07 Å². The lowest BCUT2D eigenvalue weighted by Crippen LogP contribution is -2.43. The van der Waals surface area contributed by atoms with E-state index in [1.165, 1.54) is 5.69 Å². The standard InChI is InChI=1S/C17H29NSi/c1-8-16-9-10-17(18-16)11-12-19(13(2)3,14(4)5)15(6)7/h9-10,13-15,18H,8H2,1-7H3. The van der Waals surface area contributed by atoms with Crippen LogP contribution in [0.2, 0.25) is 16.6 Å². The van der Waals surface area contributed by atoms with Crippen molar-refractivity contribution in [3.63, 3.8) is 0 Å². The Morgan fingerprint density at radius 1 is 1.00 bits per heavy atom. The molecule has 19 heavy (non-hydrogen) atoms. The predicted molar refractivity (Wildman–Crippen MR) is 88.1 cm³/mol. The SMILES string of the molecule is CCc1ccc(C#C[Si](C(C)C)(C(C)C)C(C)C)[nH]1. The van der Waals surface area contributed by atoms with E-state index in [2.05, 4.69) is 77.0 Å². The molecule has 0 radical (unpaired) electrons. The van der Waals surface area contributed by atoms with Crippen molar-refractivity contribution in [2.24, 2.45) is 0 Å². The molecule has 1 aromatic heterocycles. The lowest BCUT2D eigenvalue weighted by atomic mass is 10.3. The van der Waals surface area contributed by atoms with Gasteiger partial charge in [0.25, 0.3) is 0 Å². The molecule has 0 fully saturated rings. The van der Waals surface area contributed by atoms with E-state index in [1.54, 1.807) is 0 Å². The fourth-order valence-corrected chi connectivity index (χ4v) is 8.55. The maximum Gasteiger partial charge on any atom is 0.146 e. The molecule has 0 unspecified atom stereocenters. The molecule has 0 atom stereocenters. The lowest BCUT2D eigenvalue weighted by molar-refractivity contribution is 0.838. The van der Waals surface area contributed by atoms with E-state index in [-0.39, 0.29) is 0 Å². The molecule has 0 aliphatic rings. The molecular weight excluding hydrogens is 246 g/mol. The summed E-state index contributed by atoms with van der Waals surface area (Å²) in [5.41, 5.74) is 8.18. The summed E-state index contributed by atoms with van der Waals surface area (Å²) in [7, 11) is -1.59. The van der Waals surface area contributed by atoms with Crippen LogP contribution in [-0.2, 0) is 6.42 Å². The third-order valence-corrected chi connectivity index (χ3v) is 10.7. The Bertz CT molecular complexity index is 435. The van der Waals surface area contributed by atoms with Crippen LogP contribution in [0.3, 0.4) is 0 Å². The maximum atomic E-state index is 3.74. The van der Waals surface area contributed by atoms with Gasteiger partial charge >= 0.3 is 0 Å². The van der Waals surface area contributed by atoms with Crippen molar-refractivity contribution in [2.75, 3.05) is 0 Å². The molecule has 0 aliphatic heterocycles. The first-order valence-corrected chi connectivity index (χ1v) is 9.78. The summed E-state index contributed by atoms with van der Waals surface area (Å²) < 4.78 is 0. The van der Waals surface area contributed by atoms with Gasteiger partial charge in [-0.25, -0.2) is 0 Å². The summed E-state index contributed by atoms with van der Waals surface area (Å²) in [4.78, 5) is 3.40. The molecule has 1 aromatic rings. The molecule has 0 spiro atoms. The number of hydrogen-bond donors (Lipinski definition) is 1. The van der Waals surface area contributed by atoms with Crippen molar-refractivity contribution in [1.82, 2.24) is 4.98 Å². The lowest BCUT2D eigenvalue weighted by Gasteiger charge is -2.38. The number of aromatic nitrogens is 1. The number of aromatic amines is 1. The summed E-state index contributed by atoms with van der Waals surface area (Å²) in [6, 6.07) is 4.26. The first-order valence-electron chi connectivity index (χ1n) is 7.55. The van der Waals surface area contributed by atoms with Crippen LogP contribution < -0.4 is 0 Å². The zero-order valence-corrected chi connectivity index (χ0v) is 14.6. The molecule has 0 aliphatic carbocycles. The number of H-pyrrole nitrogens is 1. The molecule has 1 nitrogen and oxygen atoms in total. The highest BCUT2D eigenvalue weighted by atomic mass is 28.3. The Balaban J connectivity index is 3.15. The zero-order chi connectivity index (χ0) is 14.6. The summed E-state index contributed by atoms with van der Waals surface area (Å²) in [6.07, 6.45) is 1.04. The van der Waals surface area contributed by atoms with Crippen molar-refractivity contribution in [3.05, 3.63) is 23.5 Å². The van der Waals surface area contributed by atoms with E-state index in [1.807, 2.05) is 0 Å². The second-order valence-electron chi connectivity index (χ2n) is 6.40. The minimum absolute atomic E-state index is 0.695. The molecular formula is C17H29NSi. The van der Waals surface area contributed by atoms with Gasteiger partial charge in [-0.2, -0.15) is 0 Å². The summed E-state index contributed by atoms with van der Waals surface area (Å²) in [6.45, 7) is 16.3. The first kappa shape index (κ1) is 16.1. The second kappa shape index (κ2) is 6.48.